The van der Waals surface area contributed by atoms with Gasteiger partial charge in [-0.15, -0.1) is 0 Å². The molecular weight excluding hydrogens is 366 g/mol. The fraction of sp³-hybridized carbons (Fsp3) is 0.400. The van der Waals surface area contributed by atoms with Crippen molar-refractivity contribution in [2.75, 3.05) is 13.7 Å². The summed E-state index contributed by atoms with van der Waals surface area (Å²) in [6.07, 6.45) is 0. The molecule has 4 heteroatoms. The smallest absolute Gasteiger partial charge is 0.167 e. The summed E-state index contributed by atoms with van der Waals surface area (Å²) in [5.41, 5.74) is 3.50. The number of halogens is 1. The van der Waals surface area contributed by atoms with Crippen molar-refractivity contribution in [2.24, 2.45) is 5.92 Å². The SMILES string of the molecule is COc1ccc(Br)c(CNCC(C)C)c1OCc1ccccc1C. The average Bonchev–Trinajstić information content (AvgIpc) is 2.56. The van der Waals surface area contributed by atoms with Crippen molar-refractivity contribution in [3.05, 3.63) is 57.6 Å². The molecule has 1 N–H and O–H groups in total. The van der Waals surface area contributed by atoms with Gasteiger partial charge >= 0.3 is 0 Å². The molecule has 0 fully saturated rings. The van der Waals surface area contributed by atoms with Gasteiger partial charge in [0.15, 0.2) is 11.5 Å². The molecule has 0 saturated heterocycles. The maximum atomic E-state index is 6.17. The zero-order valence-electron chi connectivity index (χ0n) is 14.9. The number of rotatable bonds is 8. The molecule has 0 amide bonds. The van der Waals surface area contributed by atoms with Crippen LogP contribution < -0.4 is 14.8 Å². The van der Waals surface area contributed by atoms with Crippen LogP contribution in [0.3, 0.4) is 0 Å². The second kappa shape index (κ2) is 9.09. The molecule has 24 heavy (non-hydrogen) atoms. The zero-order valence-corrected chi connectivity index (χ0v) is 16.4. The number of methoxy groups -OCH3 is 1. The number of aryl methyl sites for hydroxylation is 1. The molecule has 3 nitrogen and oxygen atoms in total. The second-order valence-electron chi connectivity index (χ2n) is 6.30. The highest BCUT2D eigenvalue weighted by atomic mass is 79.9. The van der Waals surface area contributed by atoms with E-state index < -0.39 is 0 Å². The Morgan fingerprint density at radius 2 is 1.88 bits per heavy atom. The molecule has 0 heterocycles. The van der Waals surface area contributed by atoms with E-state index in [-0.39, 0.29) is 0 Å². The van der Waals surface area contributed by atoms with Gasteiger partial charge in [-0.05, 0) is 42.6 Å². The van der Waals surface area contributed by atoms with E-state index in [1.54, 1.807) is 7.11 Å². The minimum absolute atomic E-state index is 0.524. The number of benzene rings is 2. The predicted molar refractivity (Wildman–Crippen MR) is 103 cm³/mol. The maximum absolute atomic E-state index is 6.17. The molecule has 2 aromatic carbocycles. The van der Waals surface area contributed by atoms with Gasteiger partial charge in [0, 0.05) is 16.6 Å². The van der Waals surface area contributed by atoms with Crippen LogP contribution in [0.5, 0.6) is 11.5 Å². The third-order valence-corrected chi connectivity index (χ3v) is 4.62. The average molecular weight is 392 g/mol. The first-order valence-corrected chi connectivity index (χ1v) is 9.05. The van der Waals surface area contributed by atoms with Gasteiger partial charge in [0.05, 0.1) is 7.11 Å². The monoisotopic (exact) mass is 391 g/mol. The predicted octanol–water partition coefficient (Wildman–Crippen LogP) is 5.09. The Hall–Kier alpha value is -1.52. The van der Waals surface area contributed by atoms with Crippen molar-refractivity contribution in [1.82, 2.24) is 5.32 Å². The van der Waals surface area contributed by atoms with Gasteiger partial charge in [0.2, 0.25) is 0 Å². The fourth-order valence-corrected chi connectivity index (χ4v) is 2.93. The van der Waals surface area contributed by atoms with Crippen molar-refractivity contribution < 1.29 is 9.47 Å². The molecular formula is C20H26BrNO2. The number of hydrogen-bond donors (Lipinski definition) is 1. The first kappa shape index (κ1) is 18.8. The fourth-order valence-electron chi connectivity index (χ4n) is 2.47. The molecule has 0 aromatic heterocycles. The molecule has 0 aliphatic heterocycles. The van der Waals surface area contributed by atoms with Crippen LogP contribution >= 0.6 is 15.9 Å². The normalized spacial score (nSPS) is 10.9. The van der Waals surface area contributed by atoms with Crippen molar-refractivity contribution in [3.8, 4) is 11.5 Å². The Kier molecular flexibility index (Phi) is 7.13. The van der Waals surface area contributed by atoms with E-state index in [4.69, 9.17) is 9.47 Å². The lowest BCUT2D eigenvalue weighted by Gasteiger charge is -2.18. The van der Waals surface area contributed by atoms with Gasteiger partial charge in [-0.25, -0.2) is 0 Å². The van der Waals surface area contributed by atoms with Crippen LogP contribution in [0.4, 0.5) is 0 Å². The quantitative estimate of drug-likeness (QED) is 0.679. The largest absolute Gasteiger partial charge is 0.493 e. The Bertz CT molecular complexity index is 671. The standard InChI is InChI=1S/C20H26BrNO2/c1-14(2)11-22-12-17-18(21)9-10-19(23-4)20(17)24-13-16-8-6-5-7-15(16)3/h5-10,14,22H,11-13H2,1-4H3. The van der Waals surface area contributed by atoms with E-state index in [9.17, 15) is 0 Å². The number of hydrogen-bond acceptors (Lipinski definition) is 3. The summed E-state index contributed by atoms with van der Waals surface area (Å²) in [6.45, 7) is 8.71. The third kappa shape index (κ3) is 4.99. The van der Waals surface area contributed by atoms with Crippen LogP contribution in [0.2, 0.25) is 0 Å². The number of nitrogens with one attached hydrogen (secondary N) is 1. The van der Waals surface area contributed by atoms with E-state index >= 15 is 0 Å². The van der Waals surface area contributed by atoms with Crippen LogP contribution in [0.1, 0.15) is 30.5 Å². The van der Waals surface area contributed by atoms with Gasteiger partial charge in [-0.3, -0.25) is 0 Å². The first-order chi connectivity index (χ1) is 11.5. The summed E-state index contributed by atoms with van der Waals surface area (Å²) in [6, 6.07) is 12.2. The molecule has 130 valence electrons. The summed E-state index contributed by atoms with van der Waals surface area (Å²) < 4.78 is 12.7. The van der Waals surface area contributed by atoms with Gasteiger partial charge in [-0.2, -0.15) is 0 Å². The molecule has 0 radical (unpaired) electrons. The Labute approximate surface area is 153 Å². The summed E-state index contributed by atoms with van der Waals surface area (Å²) in [7, 11) is 1.68. The van der Waals surface area contributed by atoms with Crippen molar-refractivity contribution in [1.29, 1.82) is 0 Å². The molecule has 0 atom stereocenters. The van der Waals surface area contributed by atoms with Crippen LogP contribution in [0, 0.1) is 12.8 Å². The second-order valence-corrected chi connectivity index (χ2v) is 7.15. The van der Waals surface area contributed by atoms with Crippen LogP contribution in [-0.2, 0) is 13.2 Å². The van der Waals surface area contributed by atoms with Crippen LogP contribution in [0.15, 0.2) is 40.9 Å². The van der Waals surface area contributed by atoms with E-state index in [0.717, 1.165) is 34.6 Å². The van der Waals surface area contributed by atoms with E-state index in [1.165, 1.54) is 11.1 Å². The summed E-state index contributed by atoms with van der Waals surface area (Å²) in [5.74, 6) is 2.16. The maximum Gasteiger partial charge on any atom is 0.167 e. The summed E-state index contributed by atoms with van der Waals surface area (Å²) >= 11 is 3.64. The van der Waals surface area contributed by atoms with Crippen molar-refractivity contribution in [2.45, 2.75) is 33.9 Å². The highest BCUT2D eigenvalue weighted by Crippen LogP contribution is 2.37. The van der Waals surface area contributed by atoms with E-state index in [1.807, 2.05) is 24.3 Å². The van der Waals surface area contributed by atoms with Gasteiger partial charge in [-0.1, -0.05) is 54.0 Å². The van der Waals surface area contributed by atoms with Crippen LogP contribution in [-0.4, -0.2) is 13.7 Å². The molecule has 2 rings (SSSR count). The van der Waals surface area contributed by atoms with Crippen molar-refractivity contribution >= 4 is 15.9 Å². The molecule has 0 spiro atoms. The molecule has 0 bridgehead atoms. The highest BCUT2D eigenvalue weighted by molar-refractivity contribution is 9.10. The summed E-state index contributed by atoms with van der Waals surface area (Å²) in [4.78, 5) is 0. The Morgan fingerprint density at radius 1 is 1.12 bits per heavy atom. The van der Waals surface area contributed by atoms with E-state index in [0.29, 0.717) is 12.5 Å². The van der Waals surface area contributed by atoms with Gasteiger partial charge in [0.1, 0.15) is 6.61 Å². The zero-order chi connectivity index (χ0) is 17.5. The Balaban J connectivity index is 2.22. The third-order valence-electron chi connectivity index (χ3n) is 3.87. The lowest BCUT2D eigenvalue weighted by molar-refractivity contribution is 0.279. The first-order valence-electron chi connectivity index (χ1n) is 8.26. The molecule has 0 saturated carbocycles. The Morgan fingerprint density at radius 3 is 2.54 bits per heavy atom. The van der Waals surface area contributed by atoms with Crippen molar-refractivity contribution in [3.63, 3.8) is 0 Å². The number of ether oxygens (including phenoxy) is 2. The minimum atomic E-state index is 0.524. The lowest BCUT2D eigenvalue weighted by atomic mass is 10.1. The van der Waals surface area contributed by atoms with E-state index in [2.05, 4.69) is 54.2 Å². The molecule has 0 aliphatic rings. The lowest BCUT2D eigenvalue weighted by Crippen LogP contribution is -2.20. The molecule has 0 unspecified atom stereocenters. The minimum Gasteiger partial charge on any atom is -0.493 e. The highest BCUT2D eigenvalue weighted by Gasteiger charge is 2.15. The topological polar surface area (TPSA) is 30.5 Å². The van der Waals surface area contributed by atoms with Gasteiger partial charge in [0.25, 0.3) is 0 Å². The van der Waals surface area contributed by atoms with Crippen LogP contribution in [0.25, 0.3) is 0 Å². The summed E-state index contributed by atoms with van der Waals surface area (Å²) in [5, 5.41) is 3.48. The molecule has 0 aliphatic carbocycles. The van der Waals surface area contributed by atoms with Gasteiger partial charge < -0.3 is 14.8 Å². The molecule has 2 aromatic rings.